The van der Waals surface area contributed by atoms with Crippen LogP contribution in [0.1, 0.15) is 36.8 Å². The molecule has 130 valence electrons. The van der Waals surface area contributed by atoms with Gasteiger partial charge >= 0.3 is 0 Å². The van der Waals surface area contributed by atoms with E-state index in [1.54, 1.807) is 23.5 Å². The zero-order valence-electron chi connectivity index (χ0n) is 13.9. The zero-order chi connectivity index (χ0) is 16.8. The van der Waals surface area contributed by atoms with Crippen molar-refractivity contribution in [3.8, 4) is 0 Å². The summed E-state index contributed by atoms with van der Waals surface area (Å²) in [6.45, 7) is 4.54. The van der Waals surface area contributed by atoms with Gasteiger partial charge < -0.3 is 9.80 Å². The third kappa shape index (κ3) is 5.35. The first-order valence-electron chi connectivity index (χ1n) is 8.63. The Bertz CT molecular complexity index is 531. The molecule has 0 saturated carbocycles. The molecule has 0 radical (unpaired) electrons. The molecule has 1 aromatic rings. The van der Waals surface area contributed by atoms with Crippen LogP contribution in [-0.4, -0.2) is 44.6 Å². The largest absolute Gasteiger partial charge is 0.358 e. The summed E-state index contributed by atoms with van der Waals surface area (Å²) in [5.74, 6) is 1.93. The smallest absolute Gasteiger partial charge is 0.136 e. The Morgan fingerprint density at radius 2 is 1.21 bits per heavy atom. The fraction of sp³-hybridized carbons (Fsp3) is 0.556. The highest BCUT2D eigenvalue weighted by Crippen LogP contribution is 2.23. The van der Waals surface area contributed by atoms with Crippen molar-refractivity contribution in [2.45, 2.75) is 37.2 Å². The number of likely N-dealkylation sites (tertiary alicyclic amines) is 2. The Hall–Kier alpha value is -0.300. The molecule has 2 saturated heterocycles. The summed E-state index contributed by atoms with van der Waals surface area (Å²) < 4.78 is 2.12. The van der Waals surface area contributed by atoms with Gasteiger partial charge in [0.15, 0.2) is 0 Å². The summed E-state index contributed by atoms with van der Waals surface area (Å²) in [5, 5.41) is 0. The molecule has 0 aliphatic carbocycles. The fourth-order valence-corrected chi connectivity index (χ4v) is 5.47. The summed E-state index contributed by atoms with van der Waals surface area (Å²) in [5.41, 5.74) is 2.71. The van der Waals surface area contributed by atoms with Gasteiger partial charge in [0, 0.05) is 37.7 Å². The van der Waals surface area contributed by atoms with Crippen LogP contribution in [-0.2, 0) is 11.5 Å². The first-order chi connectivity index (χ1) is 11.7. The van der Waals surface area contributed by atoms with Gasteiger partial charge in [-0.1, -0.05) is 72.2 Å². The lowest BCUT2D eigenvalue weighted by Crippen LogP contribution is -2.23. The van der Waals surface area contributed by atoms with Crippen LogP contribution in [0.4, 0.5) is 0 Å². The van der Waals surface area contributed by atoms with E-state index >= 15 is 0 Å². The van der Waals surface area contributed by atoms with Crippen LogP contribution in [0.2, 0.25) is 0 Å². The van der Waals surface area contributed by atoms with Crippen molar-refractivity contribution in [3.05, 3.63) is 35.4 Å². The molecule has 0 spiro atoms. The second kappa shape index (κ2) is 9.41. The first-order valence-corrected chi connectivity index (χ1v) is 11.4. The minimum atomic E-state index is 0.963. The Kier molecular flexibility index (Phi) is 7.25. The van der Waals surface area contributed by atoms with Gasteiger partial charge in [0.2, 0.25) is 0 Å². The minimum Gasteiger partial charge on any atom is -0.358 e. The maximum atomic E-state index is 5.55. The third-order valence-corrected chi connectivity index (χ3v) is 7.63. The molecule has 3 rings (SSSR count). The van der Waals surface area contributed by atoms with Crippen molar-refractivity contribution in [3.63, 3.8) is 0 Å². The lowest BCUT2D eigenvalue weighted by Gasteiger charge is -2.18. The number of benzene rings is 1. The highest BCUT2D eigenvalue weighted by atomic mass is 32.2. The topological polar surface area (TPSA) is 6.48 Å². The Morgan fingerprint density at radius 3 is 1.62 bits per heavy atom. The lowest BCUT2D eigenvalue weighted by atomic mass is 10.2. The van der Waals surface area contributed by atoms with E-state index in [-0.39, 0.29) is 0 Å². The summed E-state index contributed by atoms with van der Waals surface area (Å²) in [6.07, 6.45) is 5.13. The van der Waals surface area contributed by atoms with Crippen molar-refractivity contribution in [1.82, 2.24) is 9.80 Å². The van der Waals surface area contributed by atoms with Crippen LogP contribution in [0.5, 0.6) is 0 Å². The van der Waals surface area contributed by atoms with Crippen LogP contribution >= 0.6 is 48.0 Å². The SMILES string of the molecule is S=C(SCc1cccc(CSC(=S)N2CCCC2)c1)N1CCCC1. The van der Waals surface area contributed by atoms with E-state index in [9.17, 15) is 0 Å². The molecular formula is C18H24N2S4. The van der Waals surface area contributed by atoms with Crippen LogP contribution in [0.15, 0.2) is 24.3 Å². The number of thioether (sulfide) groups is 2. The standard InChI is InChI=1S/C18H24N2S4/c21-17(19-8-1-2-9-19)23-13-15-6-5-7-16(12-15)14-24-18(22)20-10-3-4-11-20/h5-7,12H,1-4,8-11,13-14H2. The van der Waals surface area contributed by atoms with E-state index in [2.05, 4.69) is 34.1 Å². The number of rotatable bonds is 4. The van der Waals surface area contributed by atoms with E-state index < -0.39 is 0 Å². The second-order valence-electron chi connectivity index (χ2n) is 6.32. The van der Waals surface area contributed by atoms with Gasteiger partial charge in [-0.2, -0.15) is 0 Å². The summed E-state index contributed by atoms with van der Waals surface area (Å²) in [7, 11) is 0. The lowest BCUT2D eigenvalue weighted by molar-refractivity contribution is 0.539. The fourth-order valence-electron chi connectivity index (χ4n) is 3.08. The molecule has 0 unspecified atom stereocenters. The number of hydrogen-bond donors (Lipinski definition) is 0. The van der Waals surface area contributed by atoms with Crippen molar-refractivity contribution >= 4 is 56.6 Å². The van der Waals surface area contributed by atoms with Gasteiger partial charge in [-0.25, -0.2) is 0 Å². The normalized spacial score (nSPS) is 17.5. The highest BCUT2D eigenvalue weighted by Gasteiger charge is 2.16. The van der Waals surface area contributed by atoms with Gasteiger partial charge in [-0.15, -0.1) is 0 Å². The van der Waals surface area contributed by atoms with Crippen molar-refractivity contribution in [2.75, 3.05) is 26.2 Å². The molecular weight excluding hydrogens is 372 g/mol. The van der Waals surface area contributed by atoms with Gasteiger partial charge in [0.25, 0.3) is 0 Å². The summed E-state index contributed by atoms with van der Waals surface area (Å²) in [4.78, 5) is 4.68. The summed E-state index contributed by atoms with van der Waals surface area (Å²) in [6, 6.07) is 8.86. The molecule has 0 amide bonds. The first kappa shape index (κ1) is 18.5. The van der Waals surface area contributed by atoms with E-state index in [0.29, 0.717) is 0 Å². The predicted molar refractivity (Wildman–Crippen MR) is 116 cm³/mol. The minimum absolute atomic E-state index is 0.963. The van der Waals surface area contributed by atoms with Crippen LogP contribution in [0.3, 0.4) is 0 Å². The van der Waals surface area contributed by atoms with E-state index in [1.165, 1.54) is 36.8 Å². The molecule has 2 fully saturated rings. The van der Waals surface area contributed by atoms with Gasteiger partial charge in [0.05, 0.1) is 0 Å². The van der Waals surface area contributed by atoms with Crippen LogP contribution in [0.25, 0.3) is 0 Å². The monoisotopic (exact) mass is 396 g/mol. The molecule has 2 heterocycles. The second-order valence-corrected chi connectivity index (χ2v) is 9.54. The molecule has 0 N–H and O–H groups in total. The van der Waals surface area contributed by atoms with Crippen LogP contribution < -0.4 is 0 Å². The average Bonchev–Trinajstić information content (AvgIpc) is 3.31. The Morgan fingerprint density at radius 1 is 0.792 bits per heavy atom. The van der Waals surface area contributed by atoms with Gasteiger partial charge in [-0.05, 0) is 36.8 Å². The van der Waals surface area contributed by atoms with Gasteiger partial charge in [-0.3, -0.25) is 0 Å². The van der Waals surface area contributed by atoms with Crippen molar-refractivity contribution < 1.29 is 0 Å². The number of hydrogen-bond acceptors (Lipinski definition) is 4. The predicted octanol–water partition coefficient (Wildman–Crippen LogP) is 4.91. The molecule has 2 nitrogen and oxygen atoms in total. The molecule has 2 aliphatic heterocycles. The van der Waals surface area contributed by atoms with E-state index in [4.69, 9.17) is 24.4 Å². The highest BCUT2D eigenvalue weighted by molar-refractivity contribution is 8.22. The molecule has 0 bridgehead atoms. The molecule has 1 aromatic carbocycles. The van der Waals surface area contributed by atoms with Crippen LogP contribution in [0, 0.1) is 0 Å². The van der Waals surface area contributed by atoms with Crippen molar-refractivity contribution in [1.29, 1.82) is 0 Å². The van der Waals surface area contributed by atoms with Gasteiger partial charge in [0.1, 0.15) is 8.64 Å². The zero-order valence-corrected chi connectivity index (χ0v) is 17.2. The quantitative estimate of drug-likeness (QED) is 0.662. The molecule has 6 heteroatoms. The molecule has 0 aromatic heterocycles. The third-order valence-electron chi connectivity index (χ3n) is 4.44. The van der Waals surface area contributed by atoms with Crippen molar-refractivity contribution in [2.24, 2.45) is 0 Å². The molecule has 24 heavy (non-hydrogen) atoms. The average molecular weight is 397 g/mol. The Balaban J connectivity index is 1.46. The summed E-state index contributed by atoms with van der Waals surface area (Å²) >= 11 is 14.7. The van der Waals surface area contributed by atoms with E-state index in [0.717, 1.165) is 46.3 Å². The maximum Gasteiger partial charge on any atom is 0.136 e. The maximum absolute atomic E-state index is 5.55. The number of thiocarbonyl (C=S) groups is 2. The van der Waals surface area contributed by atoms with E-state index in [1.807, 2.05) is 0 Å². The molecule has 2 aliphatic rings. The number of nitrogens with zero attached hydrogens (tertiary/aromatic N) is 2. The Labute approximate surface area is 164 Å². The molecule has 0 atom stereocenters.